The number of rotatable bonds is 5. The third kappa shape index (κ3) is 3.18. The van der Waals surface area contributed by atoms with Crippen molar-refractivity contribution in [2.75, 3.05) is 10.2 Å². The van der Waals surface area contributed by atoms with Gasteiger partial charge in [-0.05, 0) is 36.8 Å². The molecule has 0 saturated carbocycles. The van der Waals surface area contributed by atoms with Crippen molar-refractivity contribution < 1.29 is 14.4 Å². The lowest BCUT2D eigenvalue weighted by Crippen LogP contribution is -2.29. The molecule has 4 rings (SSSR count). The zero-order valence-corrected chi connectivity index (χ0v) is 15.8. The Morgan fingerprint density at radius 3 is 2.43 bits per heavy atom. The van der Waals surface area contributed by atoms with E-state index in [9.17, 15) is 14.4 Å². The molecule has 0 spiro atoms. The van der Waals surface area contributed by atoms with E-state index in [1.54, 1.807) is 42.5 Å². The summed E-state index contributed by atoms with van der Waals surface area (Å²) in [5.74, 6) is -1.17. The van der Waals surface area contributed by atoms with Crippen molar-refractivity contribution in [2.24, 2.45) is 0 Å². The second kappa shape index (κ2) is 7.32. The van der Waals surface area contributed by atoms with Gasteiger partial charge in [-0.2, -0.15) is 0 Å². The Morgan fingerprint density at radius 2 is 1.75 bits per heavy atom. The van der Waals surface area contributed by atoms with Gasteiger partial charge in [-0.1, -0.05) is 36.5 Å². The number of carbonyl (C=O) groups excluding carboxylic acids is 3. The molecule has 0 fully saturated rings. The molecular weight excluding hydrogens is 376 g/mol. The maximum Gasteiger partial charge on any atom is 0.266 e. The van der Waals surface area contributed by atoms with Gasteiger partial charge in [0.25, 0.3) is 17.7 Å². The first kappa shape index (κ1) is 18.0. The smallest absolute Gasteiger partial charge is 0.266 e. The summed E-state index contributed by atoms with van der Waals surface area (Å²) < 4.78 is 0. The van der Waals surface area contributed by atoms with Crippen LogP contribution in [0.2, 0.25) is 0 Å². The van der Waals surface area contributed by atoms with Gasteiger partial charge in [-0.3, -0.25) is 19.7 Å². The molecule has 140 valence electrons. The molecule has 0 unspecified atom stereocenters. The number of carbonyl (C=O) groups is 3. The lowest BCUT2D eigenvalue weighted by molar-refractivity contribution is 0.0924. The topological polar surface area (TPSA) is 92.3 Å². The van der Waals surface area contributed by atoms with Gasteiger partial charge in [0, 0.05) is 12.0 Å². The second-order valence-electron chi connectivity index (χ2n) is 6.25. The van der Waals surface area contributed by atoms with Crippen LogP contribution in [0.15, 0.2) is 48.5 Å². The summed E-state index contributed by atoms with van der Waals surface area (Å²) in [5.41, 5.74) is 1.39. The summed E-state index contributed by atoms with van der Waals surface area (Å²) in [6.07, 6.45) is 1.76. The van der Waals surface area contributed by atoms with Crippen LogP contribution >= 0.6 is 11.3 Å². The van der Waals surface area contributed by atoms with E-state index in [2.05, 4.69) is 15.5 Å². The predicted octanol–water partition coefficient (Wildman–Crippen LogP) is 3.54. The molecule has 2 aromatic carbocycles. The number of imide groups is 1. The normalized spacial score (nSPS) is 13.0. The fourth-order valence-electron chi connectivity index (χ4n) is 3.00. The predicted molar refractivity (Wildman–Crippen MR) is 106 cm³/mol. The van der Waals surface area contributed by atoms with Crippen molar-refractivity contribution in [3.8, 4) is 0 Å². The number of hydrogen-bond donors (Lipinski definition) is 1. The molecule has 1 aliphatic heterocycles. The van der Waals surface area contributed by atoms with Crippen LogP contribution in [0.3, 0.4) is 0 Å². The molecule has 0 radical (unpaired) electrons. The standard InChI is InChI=1S/C20H16N4O3S/c1-2-6-16-22-23-20(28-16)21-17(25)12-7-5-8-13(11-12)24-18(26)14-9-3-4-10-15(14)19(24)27/h3-5,7-11H,2,6H2,1H3,(H,21,23,25). The fraction of sp³-hybridized carbons (Fsp3) is 0.150. The summed E-state index contributed by atoms with van der Waals surface area (Å²) in [7, 11) is 0. The Kier molecular flexibility index (Phi) is 4.70. The van der Waals surface area contributed by atoms with E-state index in [1.165, 1.54) is 17.4 Å². The monoisotopic (exact) mass is 392 g/mol. The minimum absolute atomic E-state index is 0.321. The molecule has 2 heterocycles. The summed E-state index contributed by atoms with van der Waals surface area (Å²) in [6, 6.07) is 13.1. The van der Waals surface area contributed by atoms with Gasteiger partial charge in [-0.15, -0.1) is 10.2 Å². The molecule has 1 aromatic heterocycles. The van der Waals surface area contributed by atoms with Gasteiger partial charge >= 0.3 is 0 Å². The summed E-state index contributed by atoms with van der Waals surface area (Å²) in [4.78, 5) is 38.9. The van der Waals surface area contributed by atoms with Gasteiger partial charge in [0.1, 0.15) is 5.01 Å². The Hall–Kier alpha value is -3.39. The van der Waals surface area contributed by atoms with E-state index in [0.29, 0.717) is 27.5 Å². The van der Waals surface area contributed by atoms with E-state index < -0.39 is 11.8 Å². The van der Waals surface area contributed by atoms with Gasteiger partial charge in [-0.25, -0.2) is 4.90 Å². The largest absolute Gasteiger partial charge is 0.296 e. The molecule has 0 atom stereocenters. The quantitative estimate of drug-likeness (QED) is 0.671. The van der Waals surface area contributed by atoms with Crippen LogP contribution in [0, 0.1) is 0 Å². The Balaban J connectivity index is 1.57. The summed E-state index contributed by atoms with van der Waals surface area (Å²) >= 11 is 1.33. The van der Waals surface area contributed by atoms with E-state index >= 15 is 0 Å². The molecule has 0 saturated heterocycles. The third-order valence-corrected chi connectivity index (χ3v) is 5.21. The third-order valence-electron chi connectivity index (χ3n) is 4.31. The number of nitrogens with zero attached hydrogens (tertiary/aromatic N) is 3. The molecule has 1 aliphatic rings. The van der Waals surface area contributed by atoms with Crippen molar-refractivity contribution in [3.05, 3.63) is 70.2 Å². The Labute approximate surface area is 165 Å². The minimum atomic E-state index is -0.397. The minimum Gasteiger partial charge on any atom is -0.296 e. The van der Waals surface area contributed by atoms with Crippen LogP contribution in [0.5, 0.6) is 0 Å². The first-order valence-electron chi connectivity index (χ1n) is 8.80. The van der Waals surface area contributed by atoms with Crippen LogP contribution < -0.4 is 10.2 Å². The zero-order valence-electron chi connectivity index (χ0n) is 15.0. The number of nitrogens with one attached hydrogen (secondary N) is 1. The van der Waals surface area contributed by atoms with Gasteiger partial charge in [0.15, 0.2) is 0 Å². The van der Waals surface area contributed by atoms with E-state index in [1.807, 2.05) is 6.92 Å². The highest BCUT2D eigenvalue weighted by Crippen LogP contribution is 2.29. The highest BCUT2D eigenvalue weighted by Gasteiger charge is 2.36. The molecule has 28 heavy (non-hydrogen) atoms. The fourth-order valence-corrected chi connectivity index (χ4v) is 3.83. The van der Waals surface area contributed by atoms with Gasteiger partial charge in [0.2, 0.25) is 5.13 Å². The van der Waals surface area contributed by atoms with Crippen LogP contribution in [-0.2, 0) is 6.42 Å². The molecule has 3 amide bonds. The van der Waals surface area contributed by atoms with E-state index in [-0.39, 0.29) is 5.91 Å². The molecule has 1 N–H and O–H groups in total. The number of fused-ring (bicyclic) bond motifs is 1. The first-order valence-corrected chi connectivity index (χ1v) is 9.61. The number of hydrogen-bond acceptors (Lipinski definition) is 6. The molecule has 8 heteroatoms. The number of aryl methyl sites for hydroxylation is 1. The van der Waals surface area contributed by atoms with Crippen molar-refractivity contribution in [2.45, 2.75) is 19.8 Å². The Morgan fingerprint density at radius 1 is 1.04 bits per heavy atom. The average Bonchev–Trinajstić information content (AvgIpc) is 3.25. The molecule has 0 bridgehead atoms. The van der Waals surface area contributed by atoms with E-state index in [0.717, 1.165) is 22.7 Å². The number of amides is 3. The highest BCUT2D eigenvalue weighted by atomic mass is 32.1. The van der Waals surface area contributed by atoms with Crippen molar-refractivity contribution in [1.82, 2.24) is 10.2 Å². The number of aromatic nitrogens is 2. The second-order valence-corrected chi connectivity index (χ2v) is 7.31. The zero-order chi connectivity index (χ0) is 19.7. The maximum absolute atomic E-state index is 12.6. The van der Waals surface area contributed by atoms with Crippen molar-refractivity contribution in [1.29, 1.82) is 0 Å². The maximum atomic E-state index is 12.6. The Bertz CT molecular complexity index is 1060. The molecule has 7 nitrogen and oxygen atoms in total. The van der Waals surface area contributed by atoms with Gasteiger partial charge < -0.3 is 0 Å². The lowest BCUT2D eigenvalue weighted by Gasteiger charge is -2.14. The van der Waals surface area contributed by atoms with E-state index in [4.69, 9.17) is 0 Å². The van der Waals surface area contributed by atoms with Crippen LogP contribution in [0.1, 0.15) is 49.4 Å². The molecule has 3 aromatic rings. The molecule has 0 aliphatic carbocycles. The molecular formula is C20H16N4O3S. The first-order chi connectivity index (χ1) is 13.6. The number of benzene rings is 2. The van der Waals surface area contributed by atoms with Crippen LogP contribution in [0.4, 0.5) is 10.8 Å². The van der Waals surface area contributed by atoms with Gasteiger partial charge in [0.05, 0.1) is 16.8 Å². The van der Waals surface area contributed by atoms with Crippen molar-refractivity contribution >= 4 is 39.9 Å². The SMILES string of the molecule is CCCc1nnc(NC(=O)c2cccc(N3C(=O)c4ccccc4C3=O)c2)s1. The van der Waals surface area contributed by atoms with Crippen LogP contribution in [0.25, 0.3) is 0 Å². The lowest BCUT2D eigenvalue weighted by atomic mass is 10.1. The highest BCUT2D eigenvalue weighted by molar-refractivity contribution is 7.15. The summed E-state index contributed by atoms with van der Waals surface area (Å²) in [6.45, 7) is 2.05. The average molecular weight is 392 g/mol. The summed E-state index contributed by atoms with van der Waals surface area (Å²) in [5, 5.41) is 12.0. The van der Waals surface area contributed by atoms with Crippen LogP contribution in [-0.4, -0.2) is 27.9 Å². The van der Waals surface area contributed by atoms with Crippen molar-refractivity contribution in [3.63, 3.8) is 0 Å². The number of anilines is 2.